The fourth-order valence-corrected chi connectivity index (χ4v) is 0.983. The van der Waals surface area contributed by atoms with Crippen molar-refractivity contribution in [1.29, 1.82) is 0 Å². The van der Waals surface area contributed by atoms with Gasteiger partial charge >= 0.3 is 0 Å². The minimum Gasteiger partial charge on any atom is -0.475 e. The Morgan fingerprint density at radius 1 is 1.50 bits per heavy atom. The third-order valence-corrected chi connectivity index (χ3v) is 1.66. The summed E-state index contributed by atoms with van der Waals surface area (Å²) >= 11 is 0. The number of hydrogen-bond acceptors (Lipinski definition) is 5. The molecule has 0 aromatic carbocycles. The molecule has 0 aliphatic heterocycles. The van der Waals surface area contributed by atoms with E-state index in [0.717, 1.165) is 18.1 Å². The maximum atomic E-state index is 8.60. The SMILES string of the molecule is CCc1nc(NC)cc(OCCO)n1. The van der Waals surface area contributed by atoms with Gasteiger partial charge in [0.25, 0.3) is 0 Å². The maximum absolute atomic E-state index is 8.60. The molecule has 0 amide bonds. The molecule has 5 nitrogen and oxygen atoms in total. The molecule has 0 aliphatic rings. The van der Waals surface area contributed by atoms with Crippen molar-refractivity contribution >= 4 is 5.82 Å². The van der Waals surface area contributed by atoms with Gasteiger partial charge in [0, 0.05) is 19.5 Å². The van der Waals surface area contributed by atoms with Crippen LogP contribution >= 0.6 is 0 Å². The van der Waals surface area contributed by atoms with Crippen LogP contribution in [0.2, 0.25) is 0 Å². The molecule has 5 heteroatoms. The average molecular weight is 197 g/mol. The van der Waals surface area contributed by atoms with Crippen LogP contribution in [0, 0.1) is 0 Å². The third-order valence-electron chi connectivity index (χ3n) is 1.66. The molecule has 78 valence electrons. The van der Waals surface area contributed by atoms with Crippen LogP contribution in [0.1, 0.15) is 12.7 Å². The summed E-state index contributed by atoms with van der Waals surface area (Å²) in [7, 11) is 1.79. The summed E-state index contributed by atoms with van der Waals surface area (Å²) in [6.07, 6.45) is 0.755. The van der Waals surface area contributed by atoms with Gasteiger partial charge < -0.3 is 15.2 Å². The van der Waals surface area contributed by atoms with E-state index in [1.807, 2.05) is 6.92 Å². The minimum atomic E-state index is -0.0135. The third kappa shape index (κ3) is 2.85. The van der Waals surface area contributed by atoms with Crippen LogP contribution in [0.15, 0.2) is 6.07 Å². The molecular weight excluding hydrogens is 182 g/mol. The number of ether oxygens (including phenoxy) is 1. The van der Waals surface area contributed by atoms with E-state index in [1.54, 1.807) is 13.1 Å². The van der Waals surface area contributed by atoms with Crippen molar-refractivity contribution in [3.63, 3.8) is 0 Å². The largest absolute Gasteiger partial charge is 0.475 e. The molecule has 0 saturated carbocycles. The normalized spacial score (nSPS) is 9.93. The quantitative estimate of drug-likeness (QED) is 0.717. The fourth-order valence-electron chi connectivity index (χ4n) is 0.983. The Labute approximate surface area is 83.2 Å². The number of aliphatic hydroxyl groups is 1. The first-order valence-electron chi connectivity index (χ1n) is 4.59. The van der Waals surface area contributed by atoms with E-state index in [1.165, 1.54) is 0 Å². The molecule has 0 spiro atoms. The summed E-state index contributed by atoms with van der Waals surface area (Å²) in [4.78, 5) is 8.37. The lowest BCUT2D eigenvalue weighted by atomic mass is 10.4. The van der Waals surface area contributed by atoms with Gasteiger partial charge in [-0.25, -0.2) is 4.98 Å². The molecule has 2 N–H and O–H groups in total. The highest BCUT2D eigenvalue weighted by atomic mass is 16.5. The predicted octanol–water partition coefficient (Wildman–Crippen LogP) is 0.452. The number of aryl methyl sites for hydroxylation is 1. The van der Waals surface area contributed by atoms with Crippen LogP contribution in [-0.2, 0) is 6.42 Å². The summed E-state index contributed by atoms with van der Waals surface area (Å²) < 4.78 is 5.20. The lowest BCUT2D eigenvalue weighted by molar-refractivity contribution is 0.196. The highest BCUT2D eigenvalue weighted by Crippen LogP contribution is 2.13. The molecule has 0 saturated heterocycles. The van der Waals surface area contributed by atoms with E-state index < -0.39 is 0 Å². The van der Waals surface area contributed by atoms with E-state index in [0.29, 0.717) is 5.88 Å². The molecule has 0 atom stereocenters. The van der Waals surface area contributed by atoms with Crippen LogP contribution in [0.5, 0.6) is 5.88 Å². The van der Waals surface area contributed by atoms with Crippen LogP contribution in [0.25, 0.3) is 0 Å². The second-order valence-electron chi connectivity index (χ2n) is 2.68. The zero-order chi connectivity index (χ0) is 10.4. The van der Waals surface area contributed by atoms with Crippen LogP contribution in [0.3, 0.4) is 0 Å². The number of aliphatic hydroxyl groups excluding tert-OH is 1. The molecule has 0 bridgehead atoms. The summed E-state index contributed by atoms with van der Waals surface area (Å²) in [6, 6.07) is 1.70. The highest BCUT2D eigenvalue weighted by molar-refractivity contribution is 5.37. The molecule has 0 radical (unpaired) electrons. The molecule has 1 heterocycles. The highest BCUT2D eigenvalue weighted by Gasteiger charge is 2.02. The lowest BCUT2D eigenvalue weighted by Crippen LogP contribution is -2.06. The van der Waals surface area contributed by atoms with Crippen molar-refractivity contribution in [2.75, 3.05) is 25.6 Å². The molecule has 1 rings (SSSR count). The summed E-state index contributed by atoms with van der Waals surface area (Å²) in [6.45, 7) is 2.22. The standard InChI is InChI=1S/C9H15N3O2/c1-3-7-11-8(10-2)6-9(12-7)14-5-4-13/h6,13H,3-5H2,1-2H3,(H,10,11,12). The number of rotatable bonds is 5. The van der Waals surface area contributed by atoms with Gasteiger partial charge in [-0.1, -0.05) is 6.92 Å². The molecule has 0 fully saturated rings. The van der Waals surface area contributed by atoms with Gasteiger partial charge in [0.1, 0.15) is 18.2 Å². The Balaban J connectivity index is 2.81. The van der Waals surface area contributed by atoms with Crippen molar-refractivity contribution in [2.24, 2.45) is 0 Å². The van der Waals surface area contributed by atoms with Crippen molar-refractivity contribution in [3.05, 3.63) is 11.9 Å². The molecule has 14 heavy (non-hydrogen) atoms. The molecular formula is C9H15N3O2. The van der Waals surface area contributed by atoms with E-state index in [2.05, 4.69) is 15.3 Å². The number of aromatic nitrogens is 2. The topological polar surface area (TPSA) is 67.3 Å². The van der Waals surface area contributed by atoms with Gasteiger partial charge in [-0.15, -0.1) is 0 Å². The van der Waals surface area contributed by atoms with Crippen LogP contribution in [-0.4, -0.2) is 35.3 Å². The molecule has 1 aromatic rings. The zero-order valence-electron chi connectivity index (χ0n) is 8.45. The van der Waals surface area contributed by atoms with Gasteiger partial charge in [-0.2, -0.15) is 4.98 Å². The number of hydrogen-bond donors (Lipinski definition) is 2. The minimum absolute atomic E-state index is 0.0135. The van der Waals surface area contributed by atoms with Crippen molar-refractivity contribution in [1.82, 2.24) is 9.97 Å². The second-order valence-corrected chi connectivity index (χ2v) is 2.68. The summed E-state index contributed by atoms with van der Waals surface area (Å²) in [5, 5.41) is 11.5. The van der Waals surface area contributed by atoms with E-state index in [-0.39, 0.29) is 13.2 Å². The smallest absolute Gasteiger partial charge is 0.218 e. The average Bonchev–Trinajstić information content (AvgIpc) is 2.25. The van der Waals surface area contributed by atoms with Gasteiger partial charge in [0.2, 0.25) is 5.88 Å². The first-order chi connectivity index (χ1) is 6.80. The summed E-state index contributed by atoms with van der Waals surface area (Å²) in [5.41, 5.74) is 0. The van der Waals surface area contributed by atoms with E-state index >= 15 is 0 Å². The Morgan fingerprint density at radius 3 is 2.86 bits per heavy atom. The van der Waals surface area contributed by atoms with E-state index in [9.17, 15) is 0 Å². The zero-order valence-corrected chi connectivity index (χ0v) is 8.45. The maximum Gasteiger partial charge on any atom is 0.218 e. The molecule has 0 unspecified atom stereocenters. The first-order valence-corrected chi connectivity index (χ1v) is 4.59. The van der Waals surface area contributed by atoms with Crippen molar-refractivity contribution in [3.8, 4) is 5.88 Å². The van der Waals surface area contributed by atoms with E-state index in [4.69, 9.17) is 9.84 Å². The Morgan fingerprint density at radius 2 is 2.29 bits per heavy atom. The van der Waals surface area contributed by atoms with Crippen molar-refractivity contribution < 1.29 is 9.84 Å². The van der Waals surface area contributed by atoms with Gasteiger partial charge in [0.05, 0.1) is 6.61 Å². The molecule has 1 aromatic heterocycles. The lowest BCUT2D eigenvalue weighted by Gasteiger charge is -2.07. The van der Waals surface area contributed by atoms with Crippen LogP contribution < -0.4 is 10.1 Å². The predicted molar refractivity (Wildman–Crippen MR) is 53.5 cm³/mol. The Kier molecular flexibility index (Phi) is 4.12. The van der Waals surface area contributed by atoms with Crippen molar-refractivity contribution in [2.45, 2.75) is 13.3 Å². The number of nitrogens with one attached hydrogen (secondary N) is 1. The molecule has 0 aliphatic carbocycles. The summed E-state index contributed by atoms with van der Waals surface area (Å²) in [5.74, 6) is 1.95. The number of anilines is 1. The number of nitrogens with zero attached hydrogens (tertiary/aromatic N) is 2. The van der Waals surface area contributed by atoms with Crippen LogP contribution in [0.4, 0.5) is 5.82 Å². The van der Waals surface area contributed by atoms with Gasteiger partial charge in [-0.3, -0.25) is 0 Å². The van der Waals surface area contributed by atoms with Gasteiger partial charge in [-0.05, 0) is 0 Å². The fraction of sp³-hybridized carbons (Fsp3) is 0.556. The van der Waals surface area contributed by atoms with Gasteiger partial charge in [0.15, 0.2) is 0 Å². The monoisotopic (exact) mass is 197 g/mol. The second kappa shape index (κ2) is 5.39. The Hall–Kier alpha value is -1.36. The first kappa shape index (κ1) is 10.7. The Bertz CT molecular complexity index is 269.